The summed E-state index contributed by atoms with van der Waals surface area (Å²) in [5.74, 6) is 0.268. The Labute approximate surface area is 168 Å². The van der Waals surface area contributed by atoms with E-state index in [-0.39, 0.29) is 17.8 Å². The highest BCUT2D eigenvalue weighted by atomic mass is 35.5. The number of ether oxygens (including phenoxy) is 2. The Balaban J connectivity index is 1.42. The summed E-state index contributed by atoms with van der Waals surface area (Å²) in [4.78, 5) is 15.0. The SMILES string of the molecule is O=C(NC[C@@H](c1ccc(F)cc1)N1CCOCC1)[C@H]1Cc2cc(Cl)ccc2O1. The minimum Gasteiger partial charge on any atom is -0.480 e. The first-order chi connectivity index (χ1) is 13.6. The van der Waals surface area contributed by atoms with Gasteiger partial charge in [-0.3, -0.25) is 9.69 Å². The minimum atomic E-state index is -0.563. The van der Waals surface area contributed by atoms with Crippen LogP contribution in [-0.4, -0.2) is 49.8 Å². The van der Waals surface area contributed by atoms with Crippen LogP contribution in [0.15, 0.2) is 42.5 Å². The van der Waals surface area contributed by atoms with Crippen LogP contribution in [0.2, 0.25) is 5.02 Å². The second kappa shape index (κ2) is 8.47. The number of nitrogens with zero attached hydrogens (tertiary/aromatic N) is 1. The first kappa shape index (κ1) is 19.2. The zero-order valence-corrected chi connectivity index (χ0v) is 16.1. The molecule has 2 aromatic carbocycles. The van der Waals surface area contributed by atoms with Gasteiger partial charge in [-0.2, -0.15) is 0 Å². The van der Waals surface area contributed by atoms with Gasteiger partial charge in [-0.25, -0.2) is 4.39 Å². The Kier molecular flexibility index (Phi) is 5.80. The number of fused-ring (bicyclic) bond motifs is 1. The largest absolute Gasteiger partial charge is 0.480 e. The molecular weight excluding hydrogens is 383 g/mol. The van der Waals surface area contributed by atoms with Crippen LogP contribution in [-0.2, 0) is 16.0 Å². The van der Waals surface area contributed by atoms with Crippen LogP contribution >= 0.6 is 11.6 Å². The Hall–Kier alpha value is -2.15. The highest BCUT2D eigenvalue weighted by Crippen LogP contribution is 2.31. The van der Waals surface area contributed by atoms with Crippen molar-refractivity contribution in [2.24, 2.45) is 0 Å². The summed E-state index contributed by atoms with van der Waals surface area (Å²) in [6, 6.07) is 11.8. The fourth-order valence-electron chi connectivity index (χ4n) is 3.71. The molecule has 0 unspecified atom stereocenters. The van der Waals surface area contributed by atoms with Gasteiger partial charge in [0.2, 0.25) is 0 Å². The Bertz CT molecular complexity index is 840. The summed E-state index contributed by atoms with van der Waals surface area (Å²) >= 11 is 6.02. The monoisotopic (exact) mass is 404 g/mol. The molecule has 148 valence electrons. The van der Waals surface area contributed by atoms with E-state index in [9.17, 15) is 9.18 Å². The fraction of sp³-hybridized carbons (Fsp3) is 0.381. The maximum atomic E-state index is 13.3. The second-order valence-corrected chi connectivity index (χ2v) is 7.46. The second-order valence-electron chi connectivity index (χ2n) is 7.02. The van der Waals surface area contributed by atoms with Crippen molar-refractivity contribution in [2.75, 3.05) is 32.8 Å². The lowest BCUT2D eigenvalue weighted by Crippen LogP contribution is -2.46. The summed E-state index contributed by atoms with van der Waals surface area (Å²) in [6.45, 7) is 3.24. The molecule has 2 aromatic rings. The van der Waals surface area contributed by atoms with Gasteiger partial charge in [-0.1, -0.05) is 23.7 Å². The molecule has 1 fully saturated rings. The molecule has 4 rings (SSSR count). The molecule has 1 N–H and O–H groups in total. The number of benzene rings is 2. The van der Waals surface area contributed by atoms with Crippen LogP contribution in [0.5, 0.6) is 5.75 Å². The molecule has 2 atom stereocenters. The quantitative estimate of drug-likeness (QED) is 0.832. The molecule has 2 aliphatic heterocycles. The fourth-order valence-corrected chi connectivity index (χ4v) is 3.90. The Morgan fingerprint density at radius 3 is 2.71 bits per heavy atom. The van der Waals surface area contributed by atoms with E-state index in [0.29, 0.717) is 37.0 Å². The van der Waals surface area contributed by atoms with Crippen molar-refractivity contribution in [1.29, 1.82) is 0 Å². The standard InChI is InChI=1S/C21H22ClFN2O3/c22-16-3-6-19-15(11-16)12-20(28-19)21(26)24-13-18(25-7-9-27-10-8-25)14-1-4-17(23)5-2-14/h1-6,11,18,20H,7-10,12-13H2,(H,24,26)/t18-,20+/m0/s1. The Morgan fingerprint density at radius 2 is 1.96 bits per heavy atom. The highest BCUT2D eigenvalue weighted by molar-refractivity contribution is 6.30. The summed E-state index contributed by atoms with van der Waals surface area (Å²) in [6.07, 6.45) is -0.0624. The first-order valence-electron chi connectivity index (χ1n) is 9.40. The van der Waals surface area contributed by atoms with Gasteiger partial charge in [-0.15, -0.1) is 0 Å². The molecule has 1 saturated heterocycles. The zero-order chi connectivity index (χ0) is 19.5. The van der Waals surface area contributed by atoms with Crippen LogP contribution in [0, 0.1) is 5.82 Å². The molecule has 7 heteroatoms. The Morgan fingerprint density at radius 1 is 1.21 bits per heavy atom. The number of hydrogen-bond acceptors (Lipinski definition) is 4. The van der Waals surface area contributed by atoms with Gasteiger partial charge >= 0.3 is 0 Å². The molecule has 0 aliphatic carbocycles. The van der Waals surface area contributed by atoms with Crippen molar-refractivity contribution in [2.45, 2.75) is 18.6 Å². The maximum absolute atomic E-state index is 13.3. The average molecular weight is 405 g/mol. The number of amides is 1. The van der Waals surface area contributed by atoms with Gasteiger partial charge in [0.05, 0.1) is 19.3 Å². The lowest BCUT2D eigenvalue weighted by Gasteiger charge is -2.35. The van der Waals surface area contributed by atoms with Crippen molar-refractivity contribution >= 4 is 17.5 Å². The van der Waals surface area contributed by atoms with Gasteiger partial charge in [0.1, 0.15) is 11.6 Å². The molecular formula is C21H22ClFN2O3. The molecule has 0 spiro atoms. The molecule has 28 heavy (non-hydrogen) atoms. The van der Waals surface area contributed by atoms with E-state index in [2.05, 4.69) is 10.2 Å². The summed E-state index contributed by atoms with van der Waals surface area (Å²) in [5.41, 5.74) is 1.90. The lowest BCUT2D eigenvalue weighted by molar-refractivity contribution is -0.127. The van der Waals surface area contributed by atoms with Crippen molar-refractivity contribution in [1.82, 2.24) is 10.2 Å². The average Bonchev–Trinajstić information content (AvgIpc) is 3.13. The number of halogens is 2. The number of rotatable bonds is 5. The van der Waals surface area contributed by atoms with E-state index in [4.69, 9.17) is 21.1 Å². The third-order valence-electron chi connectivity index (χ3n) is 5.20. The third-order valence-corrected chi connectivity index (χ3v) is 5.44. The normalized spacial score (nSPS) is 20.3. The van der Waals surface area contributed by atoms with Crippen molar-refractivity contribution < 1.29 is 18.7 Å². The molecule has 1 amide bonds. The smallest absolute Gasteiger partial charge is 0.261 e. The maximum Gasteiger partial charge on any atom is 0.261 e. The van der Waals surface area contributed by atoms with Crippen molar-refractivity contribution in [3.05, 3.63) is 64.4 Å². The van der Waals surface area contributed by atoms with E-state index in [1.807, 2.05) is 6.07 Å². The topological polar surface area (TPSA) is 50.8 Å². The summed E-state index contributed by atoms with van der Waals surface area (Å²) < 4.78 is 24.5. The number of morpholine rings is 1. The number of carbonyl (C=O) groups is 1. The van der Waals surface area contributed by atoms with E-state index in [1.165, 1.54) is 12.1 Å². The van der Waals surface area contributed by atoms with Crippen LogP contribution in [0.4, 0.5) is 4.39 Å². The summed E-state index contributed by atoms with van der Waals surface area (Å²) in [7, 11) is 0. The van der Waals surface area contributed by atoms with Crippen LogP contribution in [0.1, 0.15) is 17.2 Å². The van der Waals surface area contributed by atoms with Gasteiger partial charge in [0.25, 0.3) is 5.91 Å². The molecule has 0 radical (unpaired) electrons. The third kappa shape index (κ3) is 4.29. The van der Waals surface area contributed by atoms with E-state index in [0.717, 1.165) is 24.2 Å². The van der Waals surface area contributed by atoms with Gasteiger partial charge in [0.15, 0.2) is 6.10 Å². The molecule has 2 heterocycles. The molecule has 0 aromatic heterocycles. The zero-order valence-electron chi connectivity index (χ0n) is 15.4. The van der Waals surface area contributed by atoms with Crippen LogP contribution in [0.25, 0.3) is 0 Å². The van der Waals surface area contributed by atoms with Crippen LogP contribution in [0.3, 0.4) is 0 Å². The van der Waals surface area contributed by atoms with Gasteiger partial charge in [0, 0.05) is 31.1 Å². The van der Waals surface area contributed by atoms with Gasteiger partial charge < -0.3 is 14.8 Å². The predicted octanol–water partition coefficient (Wildman–Crippen LogP) is 2.97. The first-order valence-corrected chi connectivity index (χ1v) is 9.78. The molecule has 5 nitrogen and oxygen atoms in total. The van der Waals surface area contributed by atoms with Crippen molar-refractivity contribution in [3.63, 3.8) is 0 Å². The lowest BCUT2D eigenvalue weighted by atomic mass is 10.0. The molecule has 2 aliphatic rings. The summed E-state index contributed by atoms with van der Waals surface area (Å²) in [5, 5.41) is 3.64. The minimum absolute atomic E-state index is 0.0494. The van der Waals surface area contributed by atoms with Crippen molar-refractivity contribution in [3.8, 4) is 5.75 Å². The number of nitrogens with one attached hydrogen (secondary N) is 1. The molecule has 0 saturated carbocycles. The van der Waals surface area contributed by atoms with E-state index >= 15 is 0 Å². The van der Waals surface area contributed by atoms with E-state index in [1.54, 1.807) is 24.3 Å². The predicted molar refractivity (Wildman–Crippen MR) is 104 cm³/mol. The molecule has 0 bridgehead atoms. The van der Waals surface area contributed by atoms with Gasteiger partial charge in [-0.05, 0) is 41.5 Å². The van der Waals surface area contributed by atoms with E-state index < -0.39 is 6.10 Å². The number of carbonyl (C=O) groups excluding carboxylic acids is 1. The number of hydrogen-bond donors (Lipinski definition) is 1. The highest BCUT2D eigenvalue weighted by Gasteiger charge is 2.30. The van der Waals surface area contributed by atoms with Crippen LogP contribution < -0.4 is 10.1 Å².